The van der Waals surface area contributed by atoms with Gasteiger partial charge in [0.25, 0.3) is 0 Å². The van der Waals surface area contributed by atoms with Crippen molar-refractivity contribution in [2.24, 2.45) is 13.0 Å². The maximum atomic E-state index is 6.02. The van der Waals surface area contributed by atoms with Crippen LogP contribution in [0.4, 0.5) is 5.95 Å². The van der Waals surface area contributed by atoms with Crippen LogP contribution in [0.15, 0.2) is 0 Å². The van der Waals surface area contributed by atoms with Crippen molar-refractivity contribution in [3.8, 4) is 0 Å². The molecule has 2 N–H and O–H groups in total. The number of imidazole rings is 1. The second-order valence-electron chi connectivity index (χ2n) is 5.05. The highest BCUT2D eigenvalue weighted by Gasteiger charge is 2.20. The summed E-state index contributed by atoms with van der Waals surface area (Å²) in [4.78, 5) is 4.42. The molecule has 6 heteroatoms. The normalized spacial score (nSPS) is 20.7. The molecule has 2 aromatic rings. The Kier molecular flexibility index (Phi) is 2.74. The molecule has 1 unspecified atom stereocenters. The zero-order valence-electron chi connectivity index (χ0n) is 10.9. The highest BCUT2D eigenvalue weighted by Crippen LogP contribution is 2.24. The van der Waals surface area contributed by atoms with E-state index in [1.807, 2.05) is 18.7 Å². The van der Waals surface area contributed by atoms with Crippen molar-refractivity contribution in [3.05, 3.63) is 5.69 Å². The van der Waals surface area contributed by atoms with Gasteiger partial charge in [0.1, 0.15) is 5.52 Å². The monoisotopic (exact) mass is 249 g/mol. The fourth-order valence-electron chi connectivity index (χ4n) is 2.74. The molecule has 0 saturated carbocycles. The maximum Gasteiger partial charge on any atom is 0.202 e. The summed E-state index contributed by atoms with van der Waals surface area (Å²) < 4.78 is 9.44. The molecule has 0 bridgehead atoms. The highest BCUT2D eigenvalue weighted by molar-refractivity contribution is 5.77. The molecule has 1 aliphatic heterocycles. The smallest absolute Gasteiger partial charge is 0.202 e. The predicted octanol–water partition coefficient (Wildman–Crippen LogP) is 1.09. The summed E-state index contributed by atoms with van der Waals surface area (Å²) in [7, 11) is 1.93. The van der Waals surface area contributed by atoms with Crippen LogP contribution in [-0.4, -0.2) is 32.5 Å². The lowest BCUT2D eigenvalue weighted by molar-refractivity contribution is 0.0489. The number of nitrogens with two attached hydrogens (primary N) is 1. The molecule has 0 spiro atoms. The number of hydrogen-bond acceptors (Lipinski definition) is 4. The lowest BCUT2D eigenvalue weighted by atomic mass is 10.0. The molecule has 0 radical (unpaired) electrons. The minimum Gasteiger partial charge on any atom is -0.381 e. The zero-order chi connectivity index (χ0) is 12.7. The Morgan fingerprint density at radius 3 is 3.06 bits per heavy atom. The molecule has 98 valence electrons. The first-order valence-electron chi connectivity index (χ1n) is 6.40. The molecule has 3 heterocycles. The third-order valence-electron chi connectivity index (χ3n) is 3.61. The second kappa shape index (κ2) is 4.28. The van der Waals surface area contributed by atoms with Crippen LogP contribution in [0.5, 0.6) is 0 Å². The second-order valence-corrected chi connectivity index (χ2v) is 5.05. The fourth-order valence-corrected chi connectivity index (χ4v) is 2.74. The van der Waals surface area contributed by atoms with Crippen LogP contribution in [0, 0.1) is 12.8 Å². The van der Waals surface area contributed by atoms with Gasteiger partial charge in [-0.2, -0.15) is 5.10 Å². The molecule has 1 atom stereocenters. The highest BCUT2D eigenvalue weighted by atomic mass is 16.5. The molecule has 1 fully saturated rings. The van der Waals surface area contributed by atoms with Crippen LogP contribution in [0.3, 0.4) is 0 Å². The van der Waals surface area contributed by atoms with Crippen molar-refractivity contribution >= 4 is 17.1 Å². The van der Waals surface area contributed by atoms with Crippen molar-refractivity contribution in [3.63, 3.8) is 0 Å². The van der Waals surface area contributed by atoms with Gasteiger partial charge >= 0.3 is 0 Å². The number of anilines is 1. The van der Waals surface area contributed by atoms with Gasteiger partial charge in [-0.3, -0.25) is 9.25 Å². The molecule has 0 aromatic carbocycles. The van der Waals surface area contributed by atoms with E-state index in [9.17, 15) is 0 Å². The molecule has 0 amide bonds. The van der Waals surface area contributed by atoms with Gasteiger partial charge in [-0.1, -0.05) is 0 Å². The zero-order valence-corrected chi connectivity index (χ0v) is 10.9. The van der Waals surface area contributed by atoms with Gasteiger partial charge in [-0.25, -0.2) is 4.98 Å². The van der Waals surface area contributed by atoms with E-state index in [-0.39, 0.29) is 0 Å². The Hall–Kier alpha value is -1.56. The molecular formula is C12H19N5O. The van der Waals surface area contributed by atoms with E-state index in [1.165, 1.54) is 6.42 Å². The summed E-state index contributed by atoms with van der Waals surface area (Å²) in [6.07, 6.45) is 2.32. The van der Waals surface area contributed by atoms with Crippen LogP contribution >= 0.6 is 0 Å². The van der Waals surface area contributed by atoms with E-state index in [0.717, 1.165) is 43.0 Å². The summed E-state index contributed by atoms with van der Waals surface area (Å²) in [5, 5.41) is 4.39. The lowest BCUT2D eigenvalue weighted by Gasteiger charge is -2.22. The number of aromatic nitrogens is 4. The van der Waals surface area contributed by atoms with E-state index >= 15 is 0 Å². The number of nitrogens with zero attached hydrogens (tertiary/aromatic N) is 4. The van der Waals surface area contributed by atoms with Crippen LogP contribution in [0.2, 0.25) is 0 Å². The van der Waals surface area contributed by atoms with Crippen molar-refractivity contribution in [1.29, 1.82) is 0 Å². The van der Waals surface area contributed by atoms with Gasteiger partial charge in [0.15, 0.2) is 5.65 Å². The van der Waals surface area contributed by atoms with Gasteiger partial charge in [0.05, 0.1) is 12.3 Å². The Balaban J connectivity index is 1.97. The van der Waals surface area contributed by atoms with Crippen LogP contribution in [-0.2, 0) is 18.3 Å². The Morgan fingerprint density at radius 2 is 2.33 bits per heavy atom. The summed E-state index contributed by atoms with van der Waals surface area (Å²) in [6, 6.07) is 0. The first-order valence-corrected chi connectivity index (χ1v) is 6.40. The molecule has 1 saturated heterocycles. The van der Waals surface area contributed by atoms with E-state index in [1.54, 1.807) is 0 Å². The average molecular weight is 249 g/mol. The Morgan fingerprint density at radius 1 is 1.50 bits per heavy atom. The summed E-state index contributed by atoms with van der Waals surface area (Å²) in [5.41, 5.74) is 8.87. The number of ether oxygens (including phenoxy) is 1. The minimum atomic E-state index is 0.522. The topological polar surface area (TPSA) is 70.9 Å². The number of hydrogen-bond donors (Lipinski definition) is 1. The number of fused-ring (bicyclic) bond motifs is 1. The van der Waals surface area contributed by atoms with Gasteiger partial charge in [-0.05, 0) is 19.8 Å². The molecular weight excluding hydrogens is 230 g/mol. The average Bonchev–Trinajstić information content (AvgIpc) is 2.81. The quantitative estimate of drug-likeness (QED) is 0.864. The van der Waals surface area contributed by atoms with E-state index in [0.29, 0.717) is 11.9 Å². The minimum absolute atomic E-state index is 0.522. The SMILES string of the molecule is Cc1nn(C)c2c1nc(N)n2CC1CCCOC1. The predicted molar refractivity (Wildman–Crippen MR) is 69.2 cm³/mol. The van der Waals surface area contributed by atoms with Crippen LogP contribution in [0.1, 0.15) is 18.5 Å². The van der Waals surface area contributed by atoms with Crippen molar-refractivity contribution in [1.82, 2.24) is 19.3 Å². The van der Waals surface area contributed by atoms with Crippen molar-refractivity contribution in [2.45, 2.75) is 26.3 Å². The first-order chi connectivity index (χ1) is 8.66. The number of rotatable bonds is 2. The summed E-state index contributed by atoms with van der Waals surface area (Å²) in [6.45, 7) is 4.52. The first kappa shape index (κ1) is 11.5. The third kappa shape index (κ3) is 1.77. The molecule has 0 aliphatic carbocycles. The van der Waals surface area contributed by atoms with E-state index in [4.69, 9.17) is 10.5 Å². The number of aryl methyl sites for hydroxylation is 2. The molecule has 2 aromatic heterocycles. The third-order valence-corrected chi connectivity index (χ3v) is 3.61. The van der Waals surface area contributed by atoms with Gasteiger partial charge < -0.3 is 10.5 Å². The van der Waals surface area contributed by atoms with Gasteiger partial charge in [0, 0.05) is 26.1 Å². The molecule has 1 aliphatic rings. The van der Waals surface area contributed by atoms with Crippen molar-refractivity contribution < 1.29 is 4.74 Å². The fraction of sp³-hybridized carbons (Fsp3) is 0.667. The molecule has 6 nitrogen and oxygen atoms in total. The Labute approximate surface area is 106 Å². The Bertz CT molecular complexity index is 565. The van der Waals surface area contributed by atoms with Gasteiger partial charge in [0.2, 0.25) is 5.95 Å². The summed E-state index contributed by atoms with van der Waals surface area (Å²) >= 11 is 0. The summed E-state index contributed by atoms with van der Waals surface area (Å²) in [5.74, 6) is 1.10. The number of nitrogen functional groups attached to an aromatic ring is 1. The van der Waals surface area contributed by atoms with E-state index in [2.05, 4.69) is 14.6 Å². The van der Waals surface area contributed by atoms with E-state index < -0.39 is 0 Å². The lowest BCUT2D eigenvalue weighted by Crippen LogP contribution is -2.23. The van der Waals surface area contributed by atoms with Crippen LogP contribution in [0.25, 0.3) is 11.2 Å². The standard InChI is InChI=1S/C12H19N5O/c1-8-10-11(16(2)15-8)17(12(13)14-10)6-9-4-3-5-18-7-9/h9H,3-7H2,1-2H3,(H2,13,14). The maximum absolute atomic E-state index is 6.02. The molecule has 18 heavy (non-hydrogen) atoms. The van der Waals surface area contributed by atoms with Gasteiger partial charge in [-0.15, -0.1) is 0 Å². The largest absolute Gasteiger partial charge is 0.381 e. The molecule has 3 rings (SSSR count). The van der Waals surface area contributed by atoms with Crippen LogP contribution < -0.4 is 5.73 Å². The van der Waals surface area contributed by atoms with Crippen molar-refractivity contribution in [2.75, 3.05) is 18.9 Å².